The molecule has 6 nitrogen and oxygen atoms in total. The molecule has 2 aromatic heterocycles. The second-order valence-corrected chi connectivity index (χ2v) is 7.08. The van der Waals surface area contributed by atoms with Crippen molar-refractivity contribution in [3.05, 3.63) is 59.0 Å². The van der Waals surface area contributed by atoms with Gasteiger partial charge in [0.1, 0.15) is 17.0 Å². The highest BCUT2D eigenvalue weighted by molar-refractivity contribution is 6.00. The van der Waals surface area contributed by atoms with E-state index in [1.807, 2.05) is 31.2 Å². The Morgan fingerprint density at radius 1 is 1.31 bits per heavy atom. The molecule has 3 heterocycles. The average molecular weight is 400 g/mol. The van der Waals surface area contributed by atoms with Crippen LogP contribution in [-0.4, -0.2) is 38.6 Å². The summed E-state index contributed by atoms with van der Waals surface area (Å²) in [5.74, 6) is 0.545. The molecule has 0 unspecified atom stereocenters. The van der Waals surface area contributed by atoms with Gasteiger partial charge in [0.25, 0.3) is 12.3 Å². The van der Waals surface area contributed by atoms with E-state index in [0.717, 1.165) is 28.7 Å². The zero-order valence-corrected chi connectivity index (χ0v) is 16.3. The summed E-state index contributed by atoms with van der Waals surface area (Å²) in [5, 5.41) is 4.01. The Labute approximate surface area is 167 Å². The van der Waals surface area contributed by atoms with E-state index in [0.29, 0.717) is 18.8 Å². The van der Waals surface area contributed by atoms with Crippen LogP contribution in [0.5, 0.6) is 5.75 Å². The summed E-state index contributed by atoms with van der Waals surface area (Å²) in [7, 11) is 0. The van der Waals surface area contributed by atoms with Gasteiger partial charge in [-0.15, -0.1) is 0 Å². The highest BCUT2D eigenvalue weighted by Gasteiger charge is 2.33. The maximum atomic E-state index is 13.4. The average Bonchev–Trinajstić information content (AvgIpc) is 3.35. The Hall–Kier alpha value is -3.03. The zero-order chi connectivity index (χ0) is 20.5. The quantitative estimate of drug-likeness (QED) is 0.639. The van der Waals surface area contributed by atoms with Gasteiger partial charge in [-0.25, -0.2) is 18.3 Å². The topological polar surface area (TPSA) is 59.7 Å². The fourth-order valence-corrected chi connectivity index (χ4v) is 3.88. The number of aryl methyl sites for hydroxylation is 1. The van der Waals surface area contributed by atoms with Crippen molar-refractivity contribution < 1.29 is 18.3 Å². The molecule has 3 aromatic rings. The van der Waals surface area contributed by atoms with Gasteiger partial charge in [0.2, 0.25) is 0 Å². The number of fused-ring (bicyclic) bond motifs is 1. The third-order valence-electron chi connectivity index (χ3n) is 5.17. The van der Waals surface area contributed by atoms with Crippen LogP contribution in [0.2, 0.25) is 0 Å². The van der Waals surface area contributed by atoms with Gasteiger partial charge in [-0.2, -0.15) is 5.10 Å². The van der Waals surface area contributed by atoms with Gasteiger partial charge in [0, 0.05) is 12.2 Å². The first-order valence-corrected chi connectivity index (χ1v) is 9.66. The first kappa shape index (κ1) is 19.3. The lowest BCUT2D eigenvalue weighted by atomic mass is 10.0. The Balaban J connectivity index is 1.67. The summed E-state index contributed by atoms with van der Waals surface area (Å²) in [4.78, 5) is 19.4. The number of likely N-dealkylation sites (tertiary alicyclic amines) is 1. The Morgan fingerprint density at radius 3 is 2.76 bits per heavy atom. The molecular formula is C21H22F2N4O2. The fraction of sp³-hybridized carbons (Fsp3) is 0.381. The van der Waals surface area contributed by atoms with Crippen LogP contribution < -0.4 is 4.74 Å². The SMILES string of the molecule is CCOc1ccc([C@H]2CCCN2C(=O)c2cnn3c(C(F)F)cc(C)nc23)cc1. The molecule has 0 spiro atoms. The van der Waals surface area contributed by atoms with E-state index in [2.05, 4.69) is 10.1 Å². The monoisotopic (exact) mass is 400 g/mol. The Kier molecular flexibility index (Phi) is 5.17. The summed E-state index contributed by atoms with van der Waals surface area (Å²) in [6.07, 6.45) is 0.347. The molecule has 1 aromatic carbocycles. The van der Waals surface area contributed by atoms with Crippen molar-refractivity contribution in [2.24, 2.45) is 0 Å². The molecule has 1 aliphatic rings. The van der Waals surface area contributed by atoms with Gasteiger partial charge in [-0.1, -0.05) is 12.1 Å². The van der Waals surface area contributed by atoms with Crippen molar-refractivity contribution in [1.82, 2.24) is 19.5 Å². The summed E-state index contributed by atoms with van der Waals surface area (Å²) in [6.45, 7) is 4.75. The van der Waals surface area contributed by atoms with Crippen LogP contribution in [0, 0.1) is 6.92 Å². The maximum Gasteiger partial charge on any atom is 0.280 e. The van der Waals surface area contributed by atoms with Crippen molar-refractivity contribution >= 4 is 11.6 Å². The highest BCUT2D eigenvalue weighted by atomic mass is 19.3. The highest BCUT2D eigenvalue weighted by Crippen LogP contribution is 2.34. The Bertz CT molecular complexity index is 1030. The number of alkyl halides is 2. The van der Waals surface area contributed by atoms with Crippen LogP contribution in [0.3, 0.4) is 0 Å². The predicted molar refractivity (Wildman–Crippen MR) is 103 cm³/mol. The van der Waals surface area contributed by atoms with Crippen molar-refractivity contribution in [3.63, 3.8) is 0 Å². The minimum absolute atomic E-state index is 0.0764. The number of aromatic nitrogens is 3. The molecule has 1 fully saturated rings. The number of nitrogens with zero attached hydrogens (tertiary/aromatic N) is 4. The summed E-state index contributed by atoms with van der Waals surface area (Å²) < 4.78 is 33.3. The molecule has 1 aliphatic heterocycles. The summed E-state index contributed by atoms with van der Waals surface area (Å²) in [5.41, 5.74) is 1.59. The number of ether oxygens (including phenoxy) is 1. The largest absolute Gasteiger partial charge is 0.494 e. The molecule has 29 heavy (non-hydrogen) atoms. The van der Waals surface area contributed by atoms with Crippen molar-refractivity contribution in [2.45, 2.75) is 39.2 Å². The molecule has 0 aliphatic carbocycles. The molecule has 0 N–H and O–H groups in total. The predicted octanol–water partition coefficient (Wildman–Crippen LogP) is 4.35. The number of rotatable bonds is 5. The molecule has 8 heteroatoms. The number of carbonyl (C=O) groups excluding carboxylic acids is 1. The van der Waals surface area contributed by atoms with Crippen LogP contribution in [0.15, 0.2) is 36.5 Å². The van der Waals surface area contributed by atoms with Crippen molar-refractivity contribution in [2.75, 3.05) is 13.2 Å². The van der Waals surface area contributed by atoms with Crippen molar-refractivity contribution in [1.29, 1.82) is 0 Å². The van der Waals surface area contributed by atoms with Gasteiger partial charge >= 0.3 is 0 Å². The van der Waals surface area contributed by atoms with Gasteiger partial charge in [0.15, 0.2) is 5.65 Å². The summed E-state index contributed by atoms with van der Waals surface area (Å²) >= 11 is 0. The number of halogens is 2. The van der Waals surface area contributed by atoms with Gasteiger partial charge in [-0.05, 0) is 50.5 Å². The third-order valence-corrected chi connectivity index (χ3v) is 5.17. The van der Waals surface area contributed by atoms with E-state index < -0.39 is 6.43 Å². The number of amides is 1. The van der Waals surface area contributed by atoms with E-state index in [9.17, 15) is 13.6 Å². The lowest BCUT2D eigenvalue weighted by Crippen LogP contribution is -2.30. The second-order valence-electron chi connectivity index (χ2n) is 7.08. The Morgan fingerprint density at radius 2 is 2.07 bits per heavy atom. The minimum atomic E-state index is -2.70. The summed E-state index contributed by atoms with van der Waals surface area (Å²) in [6, 6.07) is 8.94. The van der Waals surface area contributed by atoms with E-state index in [1.54, 1.807) is 11.8 Å². The number of benzene rings is 1. The van der Waals surface area contributed by atoms with E-state index >= 15 is 0 Å². The lowest BCUT2D eigenvalue weighted by Gasteiger charge is -2.25. The number of carbonyl (C=O) groups is 1. The molecule has 1 atom stereocenters. The zero-order valence-electron chi connectivity index (χ0n) is 16.3. The van der Waals surface area contributed by atoms with E-state index in [-0.39, 0.29) is 28.9 Å². The molecular weight excluding hydrogens is 378 g/mol. The molecule has 0 radical (unpaired) electrons. The molecule has 152 valence electrons. The smallest absolute Gasteiger partial charge is 0.280 e. The first-order chi connectivity index (χ1) is 14.0. The van der Waals surface area contributed by atoms with Crippen LogP contribution in [0.1, 0.15) is 59.5 Å². The van der Waals surface area contributed by atoms with Crippen molar-refractivity contribution in [3.8, 4) is 5.75 Å². The van der Waals surface area contributed by atoms with Gasteiger partial charge in [-0.3, -0.25) is 4.79 Å². The maximum absolute atomic E-state index is 13.4. The molecule has 0 bridgehead atoms. The molecule has 1 saturated heterocycles. The first-order valence-electron chi connectivity index (χ1n) is 9.66. The second kappa shape index (κ2) is 7.77. The van der Waals surface area contributed by atoms with Gasteiger partial charge in [0.05, 0.1) is 18.8 Å². The number of hydrogen-bond acceptors (Lipinski definition) is 4. The molecule has 4 rings (SSSR count). The molecule has 1 amide bonds. The third kappa shape index (κ3) is 3.54. The van der Waals surface area contributed by atoms with E-state index in [1.165, 1.54) is 12.3 Å². The molecule has 0 saturated carbocycles. The number of hydrogen-bond donors (Lipinski definition) is 0. The van der Waals surface area contributed by atoms with Gasteiger partial charge < -0.3 is 9.64 Å². The minimum Gasteiger partial charge on any atom is -0.494 e. The standard InChI is InChI=1S/C21H22F2N4O2/c1-3-29-15-8-6-14(7-9-15)17-5-4-10-26(17)21(28)16-12-24-27-18(19(22)23)11-13(2)25-20(16)27/h6-9,11-12,17,19H,3-5,10H2,1-2H3/t17-/m1/s1. The van der Waals surface area contributed by atoms with Crippen LogP contribution in [-0.2, 0) is 0 Å². The lowest BCUT2D eigenvalue weighted by molar-refractivity contribution is 0.0737. The normalized spacial score (nSPS) is 16.7. The fourth-order valence-electron chi connectivity index (χ4n) is 3.88. The van der Waals surface area contributed by atoms with Crippen LogP contribution >= 0.6 is 0 Å². The van der Waals surface area contributed by atoms with Crippen LogP contribution in [0.25, 0.3) is 5.65 Å². The van der Waals surface area contributed by atoms with Crippen LogP contribution in [0.4, 0.5) is 8.78 Å². The van der Waals surface area contributed by atoms with E-state index in [4.69, 9.17) is 4.74 Å².